The van der Waals surface area contributed by atoms with Crippen molar-refractivity contribution in [2.75, 3.05) is 9.80 Å². The zero-order valence-corrected chi connectivity index (χ0v) is 39.4. The molecule has 0 atom stereocenters. The standard InChI is InChI=1S/C67H54N2/c1-5-49(4)51-24-36-63(37-25-51)69(65-40-28-55(29-41-65)53-16-10-7-11-17-53)67-44-32-57(33-45-67)59-19-13-21-61(47-59)60-20-12-18-58(46-60)56-30-42-66(43-31-56)68(62-34-22-50(23-35-62)48(2)3)64-38-26-54(27-39-64)52-14-8-6-9-15-52/h5-47H,2H2,1,3-4H3. The third kappa shape index (κ3) is 9.74. The van der Waals surface area contributed by atoms with Crippen molar-refractivity contribution in [3.05, 3.63) is 279 Å². The molecule has 0 aliphatic rings. The van der Waals surface area contributed by atoms with Gasteiger partial charge in [-0.1, -0.05) is 188 Å². The van der Waals surface area contributed by atoms with E-state index in [1.807, 2.05) is 6.92 Å². The van der Waals surface area contributed by atoms with E-state index >= 15 is 0 Å². The summed E-state index contributed by atoms with van der Waals surface area (Å²) in [6.07, 6.45) is 2.16. The minimum atomic E-state index is 1.05. The molecule has 0 saturated heterocycles. The van der Waals surface area contributed by atoms with E-state index in [0.29, 0.717) is 0 Å². The zero-order chi connectivity index (χ0) is 47.1. The van der Waals surface area contributed by atoms with Crippen LogP contribution in [0.3, 0.4) is 0 Å². The summed E-state index contributed by atoms with van der Waals surface area (Å²) in [7, 11) is 0. The summed E-state index contributed by atoms with van der Waals surface area (Å²) in [5.74, 6) is 0. The highest BCUT2D eigenvalue weighted by molar-refractivity contribution is 5.84. The fourth-order valence-corrected chi connectivity index (χ4v) is 9.06. The maximum absolute atomic E-state index is 4.16. The van der Waals surface area contributed by atoms with E-state index in [2.05, 4.69) is 291 Å². The molecular formula is C67H54N2. The Labute approximate surface area is 408 Å². The topological polar surface area (TPSA) is 6.48 Å². The van der Waals surface area contributed by atoms with Crippen LogP contribution in [0.1, 0.15) is 31.9 Å². The lowest BCUT2D eigenvalue weighted by molar-refractivity contribution is 1.28. The molecule has 0 aliphatic carbocycles. The third-order valence-electron chi connectivity index (χ3n) is 13.1. The van der Waals surface area contributed by atoms with Crippen LogP contribution in [0.4, 0.5) is 34.1 Å². The van der Waals surface area contributed by atoms with Crippen LogP contribution in [-0.4, -0.2) is 0 Å². The van der Waals surface area contributed by atoms with Crippen LogP contribution in [0.5, 0.6) is 0 Å². The first-order chi connectivity index (χ1) is 33.9. The average molecular weight is 887 g/mol. The third-order valence-corrected chi connectivity index (χ3v) is 13.1. The highest BCUT2D eigenvalue weighted by Crippen LogP contribution is 2.40. The Bertz CT molecular complexity index is 3350. The molecule has 0 amide bonds. The molecule has 0 unspecified atom stereocenters. The predicted octanol–water partition coefficient (Wildman–Crippen LogP) is 19.4. The highest BCUT2D eigenvalue weighted by Gasteiger charge is 2.16. The van der Waals surface area contributed by atoms with Gasteiger partial charge in [-0.3, -0.25) is 0 Å². The van der Waals surface area contributed by atoms with Gasteiger partial charge in [-0.2, -0.15) is 0 Å². The first-order valence-corrected chi connectivity index (χ1v) is 23.7. The van der Waals surface area contributed by atoms with Crippen LogP contribution in [-0.2, 0) is 0 Å². The second-order valence-corrected chi connectivity index (χ2v) is 17.6. The van der Waals surface area contributed by atoms with Crippen LogP contribution < -0.4 is 9.80 Å². The Kier molecular flexibility index (Phi) is 12.8. The van der Waals surface area contributed by atoms with Crippen LogP contribution in [0, 0.1) is 0 Å². The summed E-state index contributed by atoms with van der Waals surface area (Å²) in [6.45, 7) is 10.5. The summed E-state index contributed by atoms with van der Waals surface area (Å²) < 4.78 is 0. The quantitative estimate of drug-likeness (QED) is 0.114. The van der Waals surface area contributed by atoms with Crippen molar-refractivity contribution < 1.29 is 0 Å². The van der Waals surface area contributed by atoms with Gasteiger partial charge in [0.15, 0.2) is 0 Å². The van der Waals surface area contributed by atoms with E-state index in [0.717, 1.165) is 50.8 Å². The number of nitrogens with zero attached hydrogens (tertiary/aromatic N) is 2. The molecule has 0 aliphatic heterocycles. The van der Waals surface area contributed by atoms with E-state index in [4.69, 9.17) is 0 Å². The molecule has 0 bridgehead atoms. The lowest BCUT2D eigenvalue weighted by atomic mass is 9.96. The zero-order valence-electron chi connectivity index (χ0n) is 39.4. The normalized spacial score (nSPS) is 11.3. The lowest BCUT2D eigenvalue weighted by Crippen LogP contribution is -2.09. The molecule has 0 radical (unpaired) electrons. The molecular weight excluding hydrogens is 833 g/mol. The number of rotatable bonds is 13. The van der Waals surface area contributed by atoms with Crippen molar-refractivity contribution in [3.63, 3.8) is 0 Å². The monoisotopic (exact) mass is 886 g/mol. The first kappa shape index (κ1) is 44.1. The molecule has 2 nitrogen and oxygen atoms in total. The molecule has 10 aromatic rings. The predicted molar refractivity (Wildman–Crippen MR) is 297 cm³/mol. The molecule has 0 fully saturated rings. The number of hydrogen-bond acceptors (Lipinski definition) is 2. The second kappa shape index (κ2) is 20.0. The summed E-state index contributed by atoms with van der Waals surface area (Å²) >= 11 is 0. The van der Waals surface area contributed by atoms with E-state index in [1.165, 1.54) is 61.2 Å². The molecule has 10 rings (SSSR count). The SMILES string of the molecule is C=C(C)c1ccc(N(c2ccc(-c3ccccc3)cc2)c2ccc(-c3cccc(-c4cccc(-c5ccc(N(c6ccc(C(C)=CC)cc6)c6ccc(-c7ccccc7)cc6)cc5)c4)c3)cc2)cc1. The molecule has 0 heterocycles. The van der Waals surface area contributed by atoms with E-state index in [9.17, 15) is 0 Å². The van der Waals surface area contributed by atoms with Gasteiger partial charge in [0, 0.05) is 34.1 Å². The highest BCUT2D eigenvalue weighted by atomic mass is 15.1. The smallest absolute Gasteiger partial charge is 0.0462 e. The largest absolute Gasteiger partial charge is 0.311 e. The minimum Gasteiger partial charge on any atom is -0.311 e. The summed E-state index contributed by atoms with van der Waals surface area (Å²) in [5, 5.41) is 0. The average Bonchev–Trinajstić information content (AvgIpc) is 3.42. The van der Waals surface area contributed by atoms with Gasteiger partial charge >= 0.3 is 0 Å². The molecule has 0 N–H and O–H groups in total. The van der Waals surface area contributed by atoms with Crippen molar-refractivity contribution in [1.29, 1.82) is 0 Å². The van der Waals surface area contributed by atoms with Crippen molar-refractivity contribution in [3.8, 4) is 55.6 Å². The fraction of sp³-hybridized carbons (Fsp3) is 0.0448. The summed E-state index contributed by atoms with van der Waals surface area (Å²) in [6, 6.07) is 92.0. The van der Waals surface area contributed by atoms with Crippen molar-refractivity contribution in [2.24, 2.45) is 0 Å². The van der Waals surface area contributed by atoms with E-state index < -0.39 is 0 Å². The molecule has 0 aromatic heterocycles. The Morgan fingerprint density at radius 1 is 0.290 bits per heavy atom. The van der Waals surface area contributed by atoms with Gasteiger partial charge in [-0.25, -0.2) is 0 Å². The molecule has 0 spiro atoms. The molecule has 332 valence electrons. The van der Waals surface area contributed by atoms with Crippen molar-refractivity contribution in [2.45, 2.75) is 20.8 Å². The Morgan fingerprint density at radius 2 is 0.536 bits per heavy atom. The van der Waals surface area contributed by atoms with Crippen molar-refractivity contribution >= 4 is 45.3 Å². The molecule has 69 heavy (non-hydrogen) atoms. The van der Waals surface area contributed by atoms with Crippen LogP contribution in [0.15, 0.2) is 267 Å². The number of hydrogen-bond donors (Lipinski definition) is 0. The second-order valence-electron chi connectivity index (χ2n) is 17.6. The van der Waals surface area contributed by atoms with Gasteiger partial charge in [0.1, 0.15) is 0 Å². The summed E-state index contributed by atoms with van der Waals surface area (Å²) in [5.41, 5.74) is 23.1. The first-order valence-electron chi connectivity index (χ1n) is 23.7. The Balaban J connectivity index is 0.914. The van der Waals surface area contributed by atoms with Gasteiger partial charge < -0.3 is 9.80 Å². The van der Waals surface area contributed by atoms with E-state index in [1.54, 1.807) is 0 Å². The van der Waals surface area contributed by atoms with Gasteiger partial charge in [-0.15, -0.1) is 0 Å². The maximum atomic E-state index is 4.16. The van der Waals surface area contributed by atoms with E-state index in [-0.39, 0.29) is 0 Å². The fourth-order valence-electron chi connectivity index (χ4n) is 9.06. The number of benzene rings is 10. The lowest BCUT2D eigenvalue weighted by Gasteiger charge is -2.26. The summed E-state index contributed by atoms with van der Waals surface area (Å²) in [4.78, 5) is 4.66. The molecule has 10 aromatic carbocycles. The van der Waals surface area contributed by atoms with Crippen LogP contribution in [0.2, 0.25) is 0 Å². The van der Waals surface area contributed by atoms with Crippen LogP contribution >= 0.6 is 0 Å². The Morgan fingerprint density at radius 3 is 0.841 bits per heavy atom. The number of anilines is 6. The van der Waals surface area contributed by atoms with Gasteiger partial charge in [0.05, 0.1) is 0 Å². The van der Waals surface area contributed by atoms with Gasteiger partial charge in [0.2, 0.25) is 0 Å². The van der Waals surface area contributed by atoms with Gasteiger partial charge in [-0.05, 0) is 178 Å². The van der Waals surface area contributed by atoms with Crippen LogP contribution in [0.25, 0.3) is 66.8 Å². The van der Waals surface area contributed by atoms with Crippen molar-refractivity contribution in [1.82, 2.24) is 0 Å². The number of allylic oxidation sites excluding steroid dienone is 3. The minimum absolute atomic E-state index is 1.05. The van der Waals surface area contributed by atoms with Gasteiger partial charge in [0.25, 0.3) is 0 Å². The molecule has 0 saturated carbocycles. The molecule has 2 heteroatoms. The maximum Gasteiger partial charge on any atom is 0.0462 e. The Hall–Kier alpha value is -8.72.